The molecule has 164 valence electrons. The van der Waals surface area contributed by atoms with Gasteiger partial charge in [0.15, 0.2) is 0 Å². The number of nitrogens with one attached hydrogen (secondary N) is 1. The van der Waals surface area contributed by atoms with E-state index in [0.717, 1.165) is 24.4 Å². The summed E-state index contributed by atoms with van der Waals surface area (Å²) in [4.78, 5) is 28.2. The van der Waals surface area contributed by atoms with Crippen molar-refractivity contribution in [1.29, 1.82) is 0 Å². The molecule has 0 radical (unpaired) electrons. The van der Waals surface area contributed by atoms with E-state index < -0.39 is 42.9 Å². The predicted octanol–water partition coefficient (Wildman–Crippen LogP) is 3.80. The third kappa shape index (κ3) is 4.74. The molecule has 0 aliphatic heterocycles. The third-order valence-corrected chi connectivity index (χ3v) is 5.73. The summed E-state index contributed by atoms with van der Waals surface area (Å²) < 4.78 is 64.3. The van der Waals surface area contributed by atoms with E-state index in [2.05, 4.69) is 10.2 Å². The SMILES string of the molecule is O=C(c1cccc(C2CC2NCC2CC2)c1)N(OC(=O)C(F)(F)F)C1CC(F)(F)C1. The minimum absolute atomic E-state index is 0.00877. The first kappa shape index (κ1) is 21.0. The second-order valence-corrected chi connectivity index (χ2v) is 8.35. The highest BCUT2D eigenvalue weighted by molar-refractivity contribution is 5.95. The van der Waals surface area contributed by atoms with Gasteiger partial charge in [0.05, 0.1) is 6.04 Å². The molecule has 1 aromatic carbocycles. The summed E-state index contributed by atoms with van der Waals surface area (Å²) in [6.45, 7) is 0.941. The zero-order chi connectivity index (χ0) is 21.7. The van der Waals surface area contributed by atoms with Crippen LogP contribution in [-0.2, 0) is 9.63 Å². The summed E-state index contributed by atoms with van der Waals surface area (Å²) in [5.41, 5.74) is 0.820. The Morgan fingerprint density at radius 2 is 1.90 bits per heavy atom. The zero-order valence-electron chi connectivity index (χ0n) is 15.9. The van der Waals surface area contributed by atoms with Crippen LogP contribution >= 0.6 is 0 Å². The van der Waals surface area contributed by atoms with Gasteiger partial charge < -0.3 is 10.2 Å². The second kappa shape index (κ2) is 7.47. The van der Waals surface area contributed by atoms with Crippen LogP contribution in [0.5, 0.6) is 0 Å². The number of benzene rings is 1. The Hall–Kier alpha value is -2.23. The molecule has 1 aromatic rings. The molecule has 2 unspecified atom stereocenters. The Morgan fingerprint density at radius 1 is 1.20 bits per heavy atom. The van der Waals surface area contributed by atoms with Crippen LogP contribution in [-0.4, -0.2) is 47.7 Å². The molecule has 0 aromatic heterocycles. The van der Waals surface area contributed by atoms with Crippen molar-refractivity contribution in [1.82, 2.24) is 10.4 Å². The Bertz CT molecular complexity index is 832. The lowest BCUT2D eigenvalue weighted by Gasteiger charge is -2.40. The van der Waals surface area contributed by atoms with E-state index in [1.54, 1.807) is 6.07 Å². The van der Waals surface area contributed by atoms with E-state index in [1.165, 1.54) is 25.0 Å². The van der Waals surface area contributed by atoms with Crippen LogP contribution in [0, 0.1) is 5.92 Å². The molecule has 2 atom stereocenters. The van der Waals surface area contributed by atoms with Gasteiger partial charge in [0.2, 0.25) is 0 Å². The summed E-state index contributed by atoms with van der Waals surface area (Å²) in [5, 5.41) is 3.61. The Morgan fingerprint density at radius 3 is 2.50 bits per heavy atom. The minimum atomic E-state index is -5.35. The number of hydrogen-bond donors (Lipinski definition) is 1. The molecule has 10 heteroatoms. The summed E-state index contributed by atoms with van der Waals surface area (Å²) in [7, 11) is 0. The second-order valence-electron chi connectivity index (χ2n) is 8.35. The summed E-state index contributed by atoms with van der Waals surface area (Å²) >= 11 is 0. The van der Waals surface area contributed by atoms with Crippen molar-refractivity contribution in [3.05, 3.63) is 35.4 Å². The first-order valence-electron chi connectivity index (χ1n) is 9.87. The first-order chi connectivity index (χ1) is 14.0. The number of hydroxylamine groups is 2. The lowest BCUT2D eigenvalue weighted by atomic mass is 9.87. The highest BCUT2D eigenvalue weighted by Crippen LogP contribution is 2.43. The van der Waals surface area contributed by atoms with Gasteiger partial charge in [0.25, 0.3) is 11.8 Å². The highest BCUT2D eigenvalue weighted by Gasteiger charge is 2.53. The largest absolute Gasteiger partial charge is 0.493 e. The van der Waals surface area contributed by atoms with Gasteiger partial charge in [-0.15, -0.1) is 0 Å². The van der Waals surface area contributed by atoms with Crippen LogP contribution in [0.15, 0.2) is 24.3 Å². The molecule has 30 heavy (non-hydrogen) atoms. The van der Waals surface area contributed by atoms with Crippen LogP contribution < -0.4 is 5.32 Å². The van der Waals surface area contributed by atoms with E-state index in [9.17, 15) is 31.5 Å². The van der Waals surface area contributed by atoms with Crippen LogP contribution in [0.25, 0.3) is 0 Å². The molecular formula is C20H21F5N2O3. The number of nitrogens with zero attached hydrogens (tertiary/aromatic N) is 1. The average Bonchev–Trinajstić information content (AvgIpc) is 3.55. The van der Waals surface area contributed by atoms with Crippen molar-refractivity contribution >= 4 is 11.9 Å². The maximum absolute atomic E-state index is 13.2. The predicted molar refractivity (Wildman–Crippen MR) is 94.6 cm³/mol. The number of halogens is 5. The fourth-order valence-corrected chi connectivity index (χ4v) is 3.68. The highest BCUT2D eigenvalue weighted by atomic mass is 19.4. The quantitative estimate of drug-likeness (QED) is 0.549. The maximum atomic E-state index is 13.2. The van der Waals surface area contributed by atoms with Crippen LogP contribution in [0.3, 0.4) is 0 Å². The van der Waals surface area contributed by atoms with Crippen molar-refractivity contribution in [2.75, 3.05) is 6.54 Å². The summed E-state index contributed by atoms with van der Waals surface area (Å²) in [5.74, 6) is -5.87. The van der Waals surface area contributed by atoms with E-state index >= 15 is 0 Å². The molecule has 1 N–H and O–H groups in total. The van der Waals surface area contributed by atoms with Crippen LogP contribution in [0.1, 0.15) is 53.9 Å². The smallest absolute Gasteiger partial charge is 0.329 e. The van der Waals surface area contributed by atoms with Crippen molar-refractivity contribution < 1.29 is 36.4 Å². The Kier molecular flexibility index (Phi) is 5.24. The number of alkyl halides is 5. The summed E-state index contributed by atoms with van der Waals surface area (Å²) in [6.07, 6.45) is -3.74. The monoisotopic (exact) mass is 432 g/mol. The van der Waals surface area contributed by atoms with Crippen LogP contribution in [0.4, 0.5) is 22.0 Å². The van der Waals surface area contributed by atoms with Gasteiger partial charge in [0.1, 0.15) is 0 Å². The van der Waals surface area contributed by atoms with Crippen LogP contribution in [0.2, 0.25) is 0 Å². The lowest BCUT2D eigenvalue weighted by Crippen LogP contribution is -2.54. The molecular weight excluding hydrogens is 411 g/mol. The van der Waals surface area contributed by atoms with Crippen molar-refractivity contribution in [3.63, 3.8) is 0 Å². The third-order valence-electron chi connectivity index (χ3n) is 5.73. The fraction of sp³-hybridized carbons (Fsp3) is 0.600. The first-order valence-corrected chi connectivity index (χ1v) is 9.87. The molecule has 5 nitrogen and oxygen atoms in total. The normalized spacial score (nSPS) is 25.4. The van der Waals surface area contributed by atoms with Gasteiger partial charge in [-0.25, -0.2) is 13.6 Å². The minimum Gasteiger partial charge on any atom is -0.329 e. The summed E-state index contributed by atoms with van der Waals surface area (Å²) in [6, 6.07) is 5.25. The Labute approximate surface area is 169 Å². The standard InChI is InChI=1S/C20H21F5N2O3/c21-19(22)8-14(9-19)27(30-18(29)20(23,24)25)17(28)13-3-1-2-12(6-13)15-7-16(15)26-10-11-4-5-11/h1-3,6,11,14-16,26H,4-5,7-10H2. The molecule has 3 aliphatic carbocycles. The molecule has 1 amide bonds. The van der Waals surface area contributed by atoms with E-state index in [-0.39, 0.29) is 22.6 Å². The number of carbonyl (C=O) groups excluding carboxylic acids is 2. The van der Waals surface area contributed by atoms with Crippen molar-refractivity contribution in [2.45, 2.75) is 62.2 Å². The molecule has 0 spiro atoms. The topological polar surface area (TPSA) is 58.6 Å². The molecule has 3 saturated carbocycles. The molecule has 3 fully saturated rings. The number of rotatable bonds is 6. The van der Waals surface area contributed by atoms with E-state index in [4.69, 9.17) is 0 Å². The van der Waals surface area contributed by atoms with E-state index in [0.29, 0.717) is 0 Å². The average molecular weight is 432 g/mol. The zero-order valence-corrected chi connectivity index (χ0v) is 15.9. The van der Waals surface area contributed by atoms with Gasteiger partial charge in [-0.2, -0.15) is 18.2 Å². The lowest BCUT2D eigenvalue weighted by molar-refractivity contribution is -0.251. The van der Waals surface area contributed by atoms with Crippen molar-refractivity contribution in [3.8, 4) is 0 Å². The number of amides is 1. The van der Waals surface area contributed by atoms with Gasteiger partial charge in [-0.05, 0) is 49.4 Å². The Balaban J connectivity index is 1.46. The molecule has 0 heterocycles. The molecule has 3 aliphatic rings. The maximum Gasteiger partial charge on any atom is 0.493 e. The number of hydrogen-bond acceptors (Lipinski definition) is 4. The fourth-order valence-electron chi connectivity index (χ4n) is 3.68. The number of carbonyl (C=O) groups is 2. The molecule has 0 bridgehead atoms. The van der Waals surface area contributed by atoms with Gasteiger partial charge >= 0.3 is 12.1 Å². The van der Waals surface area contributed by atoms with Gasteiger partial charge in [-0.1, -0.05) is 12.1 Å². The van der Waals surface area contributed by atoms with Gasteiger partial charge in [-0.3, -0.25) is 4.79 Å². The molecule has 0 saturated heterocycles. The van der Waals surface area contributed by atoms with Gasteiger partial charge in [0, 0.05) is 30.4 Å². The van der Waals surface area contributed by atoms with E-state index in [1.807, 2.05) is 6.07 Å². The van der Waals surface area contributed by atoms with Crippen molar-refractivity contribution in [2.24, 2.45) is 5.92 Å². The molecule has 4 rings (SSSR count).